The minimum atomic E-state index is -0.0733. The summed E-state index contributed by atoms with van der Waals surface area (Å²) in [5, 5.41) is 11.0. The van der Waals surface area contributed by atoms with Crippen molar-refractivity contribution in [3.05, 3.63) is 52.5 Å². The summed E-state index contributed by atoms with van der Waals surface area (Å²) in [6.07, 6.45) is 3.06. The fourth-order valence-electron chi connectivity index (χ4n) is 2.74. The van der Waals surface area contributed by atoms with Crippen LogP contribution < -0.4 is 5.32 Å². The molecule has 0 bridgehead atoms. The van der Waals surface area contributed by atoms with E-state index in [0.717, 1.165) is 16.1 Å². The Morgan fingerprint density at radius 2 is 2.07 bits per heavy atom. The zero-order chi connectivity index (χ0) is 20.1. The molecule has 0 radical (unpaired) electrons. The van der Waals surface area contributed by atoms with Crippen molar-refractivity contribution in [2.45, 2.75) is 46.1 Å². The Kier molecular flexibility index (Phi) is 6.30. The Labute approximate surface area is 167 Å². The molecule has 0 fully saturated rings. The number of carbonyl (C=O) groups excluding carboxylic acids is 2. The number of pyridine rings is 1. The number of Topliss-reactive ketones (excluding diaryl/α,β-unsaturated/α-hetero) is 1. The molecule has 1 atom stereocenters. The van der Waals surface area contributed by atoms with Crippen LogP contribution in [0.1, 0.15) is 47.1 Å². The number of thiophene rings is 1. The van der Waals surface area contributed by atoms with Gasteiger partial charge in [0.2, 0.25) is 11.8 Å². The van der Waals surface area contributed by atoms with Crippen molar-refractivity contribution in [1.29, 1.82) is 0 Å². The Hall–Kier alpha value is -2.87. The fourth-order valence-corrected chi connectivity index (χ4v) is 3.56. The van der Waals surface area contributed by atoms with E-state index in [1.165, 1.54) is 18.3 Å². The van der Waals surface area contributed by atoms with Gasteiger partial charge in [0, 0.05) is 37.2 Å². The van der Waals surface area contributed by atoms with Crippen LogP contribution in [-0.4, -0.2) is 32.9 Å². The molecule has 146 valence electrons. The standard InChI is InChI=1S/C20H22N4O3S/c1-12-5-4-10-21-15(12)11-13(2)22-18(26)8-9-19-23-24-20(27-19)17-7-6-16(28-17)14(3)25/h4-7,10,13H,8-9,11H2,1-3H3,(H,22,26). The number of aryl methyl sites for hydroxylation is 2. The van der Waals surface area contributed by atoms with Crippen LogP contribution in [0.2, 0.25) is 0 Å². The summed E-state index contributed by atoms with van der Waals surface area (Å²) in [7, 11) is 0. The van der Waals surface area contributed by atoms with Crippen LogP contribution in [0, 0.1) is 6.92 Å². The van der Waals surface area contributed by atoms with E-state index in [-0.39, 0.29) is 24.2 Å². The third kappa shape index (κ3) is 5.10. The highest BCUT2D eigenvalue weighted by Gasteiger charge is 2.15. The SMILES string of the molecule is CC(=O)c1ccc(-c2nnc(CCC(=O)NC(C)Cc3ncccc3C)o2)s1. The van der Waals surface area contributed by atoms with Crippen LogP contribution in [0.4, 0.5) is 0 Å². The first kappa shape index (κ1) is 19.9. The number of hydrogen-bond acceptors (Lipinski definition) is 7. The molecule has 7 nitrogen and oxygen atoms in total. The summed E-state index contributed by atoms with van der Waals surface area (Å²) in [4.78, 5) is 29.3. The van der Waals surface area contributed by atoms with Crippen molar-refractivity contribution in [2.75, 3.05) is 0 Å². The molecule has 1 amide bonds. The maximum Gasteiger partial charge on any atom is 0.257 e. The van der Waals surface area contributed by atoms with Gasteiger partial charge in [0.1, 0.15) is 0 Å². The van der Waals surface area contributed by atoms with Gasteiger partial charge in [-0.3, -0.25) is 14.6 Å². The molecule has 0 spiro atoms. The molecule has 1 unspecified atom stereocenters. The van der Waals surface area contributed by atoms with Crippen LogP contribution in [0.15, 0.2) is 34.9 Å². The Morgan fingerprint density at radius 1 is 1.25 bits per heavy atom. The third-order valence-corrected chi connectivity index (χ3v) is 5.40. The summed E-state index contributed by atoms with van der Waals surface area (Å²) in [5.74, 6) is 0.696. The Morgan fingerprint density at radius 3 is 2.79 bits per heavy atom. The number of rotatable bonds is 8. The van der Waals surface area contributed by atoms with Gasteiger partial charge >= 0.3 is 0 Å². The number of hydrogen-bond donors (Lipinski definition) is 1. The van der Waals surface area contributed by atoms with E-state index in [4.69, 9.17) is 4.42 Å². The van der Waals surface area contributed by atoms with Crippen LogP contribution in [0.25, 0.3) is 10.8 Å². The van der Waals surface area contributed by atoms with Crippen LogP contribution >= 0.6 is 11.3 Å². The normalized spacial score (nSPS) is 12.0. The lowest BCUT2D eigenvalue weighted by molar-refractivity contribution is -0.121. The van der Waals surface area contributed by atoms with Crippen LogP contribution in [0.3, 0.4) is 0 Å². The first-order valence-corrected chi connectivity index (χ1v) is 9.87. The molecule has 0 saturated heterocycles. The molecule has 3 aromatic rings. The summed E-state index contributed by atoms with van der Waals surface area (Å²) >= 11 is 1.31. The number of amides is 1. The highest BCUT2D eigenvalue weighted by atomic mass is 32.1. The molecule has 3 aromatic heterocycles. The number of nitrogens with zero attached hydrogens (tertiary/aromatic N) is 3. The largest absolute Gasteiger partial charge is 0.420 e. The summed E-state index contributed by atoms with van der Waals surface area (Å²) in [6.45, 7) is 5.49. The van der Waals surface area contributed by atoms with Gasteiger partial charge in [0.05, 0.1) is 9.75 Å². The lowest BCUT2D eigenvalue weighted by Crippen LogP contribution is -2.34. The second-order valence-electron chi connectivity index (χ2n) is 6.66. The van der Waals surface area contributed by atoms with Gasteiger partial charge in [-0.15, -0.1) is 21.5 Å². The molecule has 0 aliphatic carbocycles. The lowest BCUT2D eigenvalue weighted by atomic mass is 10.1. The highest BCUT2D eigenvalue weighted by Crippen LogP contribution is 2.27. The second kappa shape index (κ2) is 8.88. The number of carbonyl (C=O) groups is 2. The molecule has 0 aliphatic heterocycles. The van der Waals surface area contributed by atoms with Gasteiger partial charge in [0.15, 0.2) is 5.78 Å². The minimum absolute atomic E-state index is 0.00248. The lowest BCUT2D eigenvalue weighted by Gasteiger charge is -2.14. The highest BCUT2D eigenvalue weighted by molar-refractivity contribution is 7.17. The third-order valence-electron chi connectivity index (χ3n) is 4.22. The quantitative estimate of drug-likeness (QED) is 0.584. The zero-order valence-electron chi connectivity index (χ0n) is 16.1. The first-order chi connectivity index (χ1) is 13.4. The van der Waals surface area contributed by atoms with Gasteiger partial charge in [-0.2, -0.15) is 0 Å². The van der Waals surface area contributed by atoms with Gasteiger partial charge in [0.25, 0.3) is 5.89 Å². The van der Waals surface area contributed by atoms with E-state index in [1.807, 2.05) is 26.0 Å². The van der Waals surface area contributed by atoms with E-state index in [1.54, 1.807) is 18.3 Å². The van der Waals surface area contributed by atoms with Crippen molar-refractivity contribution in [3.8, 4) is 10.8 Å². The molecule has 0 aliphatic rings. The number of aromatic nitrogens is 3. The topological polar surface area (TPSA) is 98.0 Å². The van der Waals surface area contributed by atoms with E-state index >= 15 is 0 Å². The number of ketones is 1. The van der Waals surface area contributed by atoms with Gasteiger partial charge in [-0.05, 0) is 44.5 Å². The van der Waals surface area contributed by atoms with Crippen molar-refractivity contribution in [2.24, 2.45) is 0 Å². The Balaban J connectivity index is 1.50. The Bertz CT molecular complexity index is 979. The summed E-state index contributed by atoms with van der Waals surface area (Å²) < 4.78 is 5.62. The molecule has 3 rings (SSSR count). The molecule has 0 aromatic carbocycles. The molecule has 8 heteroatoms. The monoisotopic (exact) mass is 398 g/mol. The van der Waals surface area contributed by atoms with E-state index in [2.05, 4.69) is 20.5 Å². The fraction of sp³-hybridized carbons (Fsp3) is 0.350. The van der Waals surface area contributed by atoms with Gasteiger partial charge < -0.3 is 9.73 Å². The molecule has 3 heterocycles. The van der Waals surface area contributed by atoms with Crippen LogP contribution in [0.5, 0.6) is 0 Å². The first-order valence-electron chi connectivity index (χ1n) is 9.05. The maximum atomic E-state index is 12.2. The maximum absolute atomic E-state index is 12.2. The number of nitrogens with one attached hydrogen (secondary N) is 1. The zero-order valence-corrected chi connectivity index (χ0v) is 16.9. The predicted molar refractivity (Wildman–Crippen MR) is 106 cm³/mol. The van der Waals surface area contributed by atoms with Crippen molar-refractivity contribution in [3.63, 3.8) is 0 Å². The molecule has 1 N–H and O–H groups in total. The van der Waals surface area contributed by atoms with E-state index in [0.29, 0.717) is 29.5 Å². The smallest absolute Gasteiger partial charge is 0.257 e. The predicted octanol–water partition coefficient (Wildman–Crippen LogP) is 3.38. The average molecular weight is 398 g/mol. The molecular formula is C20H22N4O3S. The van der Waals surface area contributed by atoms with Gasteiger partial charge in [-0.1, -0.05) is 6.07 Å². The minimum Gasteiger partial charge on any atom is -0.420 e. The van der Waals surface area contributed by atoms with Crippen LogP contribution in [-0.2, 0) is 17.6 Å². The van der Waals surface area contributed by atoms with Crippen molar-refractivity contribution in [1.82, 2.24) is 20.5 Å². The molecule has 28 heavy (non-hydrogen) atoms. The van der Waals surface area contributed by atoms with E-state index in [9.17, 15) is 9.59 Å². The van der Waals surface area contributed by atoms with Crippen molar-refractivity contribution < 1.29 is 14.0 Å². The second-order valence-corrected chi connectivity index (χ2v) is 7.74. The molecule has 0 saturated carbocycles. The van der Waals surface area contributed by atoms with E-state index < -0.39 is 0 Å². The average Bonchev–Trinajstić information content (AvgIpc) is 3.31. The van der Waals surface area contributed by atoms with Gasteiger partial charge in [-0.25, -0.2) is 0 Å². The summed E-state index contributed by atoms with van der Waals surface area (Å²) in [6, 6.07) is 7.42. The summed E-state index contributed by atoms with van der Waals surface area (Å²) in [5.41, 5.74) is 2.10. The molecular weight excluding hydrogens is 376 g/mol. The van der Waals surface area contributed by atoms with Crippen molar-refractivity contribution >= 4 is 23.0 Å².